The van der Waals surface area contributed by atoms with Gasteiger partial charge in [-0.2, -0.15) is 0 Å². The molecule has 26 heavy (non-hydrogen) atoms. The number of rotatable bonds is 2. The fourth-order valence-electron chi connectivity index (χ4n) is 3.27. The van der Waals surface area contributed by atoms with Gasteiger partial charge in [-0.05, 0) is 59.5 Å². The molecule has 0 amide bonds. The summed E-state index contributed by atoms with van der Waals surface area (Å²) in [5, 5.41) is 11.6. The molecule has 3 N–H and O–H groups in total. The summed E-state index contributed by atoms with van der Waals surface area (Å²) in [5.74, 6) is 0. The number of hydrogen-bond donors (Lipinski definition) is 3. The molecule has 0 bridgehead atoms. The average molecular weight is 371 g/mol. The van der Waals surface area contributed by atoms with Crippen LogP contribution < -0.4 is 0 Å². The first-order valence-electron chi connectivity index (χ1n) is 8.79. The number of aromatic nitrogens is 1. The number of hydrogen-bond acceptors (Lipinski definition) is 4. The Morgan fingerprint density at radius 3 is 2.19 bits per heavy atom. The second-order valence-electron chi connectivity index (χ2n) is 6.65. The lowest BCUT2D eigenvalue weighted by atomic mass is 9.75. The van der Waals surface area contributed by atoms with Gasteiger partial charge in [0, 0.05) is 11.7 Å². The zero-order valence-corrected chi connectivity index (χ0v) is 15.3. The lowest BCUT2D eigenvalue weighted by Crippen LogP contribution is -2.33. The molecule has 1 saturated heterocycles. The summed E-state index contributed by atoms with van der Waals surface area (Å²) in [6, 6.07) is 16.9. The minimum Gasteiger partial charge on any atom is -0.385 e. The summed E-state index contributed by atoms with van der Waals surface area (Å²) in [6.45, 7) is 1.09. The maximum Gasteiger partial charge on any atom is 0.330 e. The minimum absolute atomic E-state index is 0.544. The Morgan fingerprint density at radius 1 is 0.923 bits per heavy atom. The van der Waals surface area contributed by atoms with Crippen molar-refractivity contribution in [3.63, 3.8) is 0 Å². The van der Waals surface area contributed by atoms with E-state index in [-0.39, 0.29) is 0 Å². The maximum absolute atomic E-state index is 10.4. The molecule has 6 heteroatoms. The van der Waals surface area contributed by atoms with E-state index in [1.807, 2.05) is 6.20 Å². The average Bonchev–Trinajstić information content (AvgIpc) is 3.31. The van der Waals surface area contributed by atoms with Crippen LogP contribution in [0.5, 0.6) is 0 Å². The van der Waals surface area contributed by atoms with Crippen LogP contribution in [0.25, 0.3) is 22.0 Å². The minimum atomic E-state index is -1.47. The molecule has 1 aliphatic heterocycles. The predicted molar refractivity (Wildman–Crippen MR) is 103 cm³/mol. The molecular weight excluding hydrogens is 349 g/mol. The Bertz CT molecular complexity index is 867. The van der Waals surface area contributed by atoms with E-state index < -0.39 is 14.2 Å². The van der Waals surface area contributed by atoms with Crippen LogP contribution in [-0.2, 0) is 14.6 Å². The molecule has 1 saturated carbocycles. The van der Waals surface area contributed by atoms with Crippen LogP contribution in [0.2, 0.25) is 0 Å². The summed E-state index contributed by atoms with van der Waals surface area (Å²) in [6.07, 6.45) is 4.87. The summed E-state index contributed by atoms with van der Waals surface area (Å²) in [5.41, 5.74) is 4.05. The van der Waals surface area contributed by atoms with Gasteiger partial charge in [0.15, 0.2) is 0 Å². The third kappa shape index (κ3) is 3.68. The highest BCUT2D eigenvalue weighted by Crippen LogP contribution is 2.41. The Morgan fingerprint density at radius 2 is 1.62 bits per heavy atom. The molecule has 2 heterocycles. The molecular formula is C20H22NO4P. The largest absolute Gasteiger partial charge is 0.385 e. The van der Waals surface area contributed by atoms with Gasteiger partial charge in [0.05, 0.1) is 18.8 Å². The monoisotopic (exact) mass is 371 g/mol. The lowest BCUT2D eigenvalue weighted by Gasteiger charge is -2.37. The van der Waals surface area contributed by atoms with Crippen molar-refractivity contribution in [2.75, 3.05) is 13.2 Å². The van der Waals surface area contributed by atoms with Gasteiger partial charge in [-0.1, -0.05) is 30.3 Å². The lowest BCUT2D eigenvalue weighted by molar-refractivity contribution is -0.0387. The van der Waals surface area contributed by atoms with Crippen molar-refractivity contribution < 1.29 is 19.0 Å². The topological polar surface area (TPSA) is 74.7 Å². The van der Waals surface area contributed by atoms with Crippen molar-refractivity contribution in [2.24, 2.45) is 0 Å². The number of benzene rings is 2. The number of aromatic amines is 1. The van der Waals surface area contributed by atoms with E-state index in [1.54, 1.807) is 0 Å². The molecule has 0 atom stereocenters. The van der Waals surface area contributed by atoms with Crippen LogP contribution in [0.1, 0.15) is 24.8 Å². The Hall–Kier alpha value is -1.75. The van der Waals surface area contributed by atoms with Gasteiger partial charge < -0.3 is 24.0 Å². The molecule has 1 aliphatic carbocycles. The molecule has 136 valence electrons. The van der Waals surface area contributed by atoms with Crippen LogP contribution >= 0.6 is 8.60 Å². The van der Waals surface area contributed by atoms with Crippen molar-refractivity contribution in [1.82, 2.24) is 4.98 Å². The SMILES string of the molecule is OC1(c2ccc(-c3ccc4[nH]ccc4c3)cc2)CCC1.OP1OCCO1. The van der Waals surface area contributed by atoms with Crippen molar-refractivity contribution in [1.29, 1.82) is 0 Å². The number of H-pyrrole nitrogens is 1. The van der Waals surface area contributed by atoms with Gasteiger partial charge in [0.2, 0.25) is 0 Å². The van der Waals surface area contributed by atoms with Gasteiger partial charge in [0.25, 0.3) is 0 Å². The van der Waals surface area contributed by atoms with Gasteiger partial charge >= 0.3 is 8.60 Å². The van der Waals surface area contributed by atoms with E-state index in [9.17, 15) is 5.11 Å². The molecule has 1 aromatic heterocycles. The molecule has 0 radical (unpaired) electrons. The third-order valence-electron chi connectivity index (χ3n) is 4.98. The highest BCUT2D eigenvalue weighted by molar-refractivity contribution is 7.40. The standard InChI is InChI=1S/C18H17NO.C2H5O3P/c20-18(9-1-10-18)16-5-2-13(3-6-16)14-4-7-17-15(12-14)8-11-19-17;3-6-4-1-2-5-6/h2-8,11-12,19-20H,1,9-10H2;3H,1-2H2. The van der Waals surface area contributed by atoms with Crippen molar-refractivity contribution >= 4 is 19.5 Å². The summed E-state index contributed by atoms with van der Waals surface area (Å²) < 4.78 is 9.10. The van der Waals surface area contributed by atoms with E-state index in [0.29, 0.717) is 13.2 Å². The van der Waals surface area contributed by atoms with Gasteiger partial charge in [0.1, 0.15) is 0 Å². The highest BCUT2D eigenvalue weighted by atomic mass is 31.2. The maximum atomic E-state index is 10.4. The second-order valence-corrected chi connectivity index (χ2v) is 7.64. The van der Waals surface area contributed by atoms with Crippen LogP contribution in [0.3, 0.4) is 0 Å². The molecule has 2 aliphatic rings. The molecule has 0 spiro atoms. The molecule has 5 nitrogen and oxygen atoms in total. The number of fused-ring (bicyclic) bond motifs is 1. The van der Waals surface area contributed by atoms with E-state index >= 15 is 0 Å². The Balaban J connectivity index is 0.000000240. The van der Waals surface area contributed by atoms with Crippen LogP contribution in [0.4, 0.5) is 0 Å². The van der Waals surface area contributed by atoms with Gasteiger partial charge in [-0.3, -0.25) is 0 Å². The van der Waals surface area contributed by atoms with Crippen LogP contribution in [-0.4, -0.2) is 28.2 Å². The summed E-state index contributed by atoms with van der Waals surface area (Å²) in [4.78, 5) is 11.6. The Labute approximate surface area is 153 Å². The smallest absolute Gasteiger partial charge is 0.330 e. The van der Waals surface area contributed by atoms with Crippen LogP contribution in [0.15, 0.2) is 54.7 Å². The fraction of sp³-hybridized carbons (Fsp3) is 0.300. The molecule has 3 aromatic rings. The quantitative estimate of drug-likeness (QED) is 0.582. The molecule has 2 fully saturated rings. The van der Waals surface area contributed by atoms with Gasteiger partial charge in [-0.25, -0.2) is 0 Å². The van der Waals surface area contributed by atoms with Crippen molar-refractivity contribution in [3.8, 4) is 11.1 Å². The summed E-state index contributed by atoms with van der Waals surface area (Å²) >= 11 is 0. The molecule has 2 aromatic carbocycles. The molecule has 0 unspecified atom stereocenters. The zero-order chi connectivity index (χ0) is 18.0. The van der Waals surface area contributed by atoms with Crippen molar-refractivity contribution in [3.05, 3.63) is 60.3 Å². The predicted octanol–water partition coefficient (Wildman–Crippen LogP) is 4.46. The first kappa shape index (κ1) is 17.7. The van der Waals surface area contributed by atoms with E-state index in [1.165, 1.54) is 16.5 Å². The second kappa shape index (κ2) is 7.47. The fourth-order valence-corrected chi connectivity index (χ4v) is 3.81. The number of nitrogens with one attached hydrogen (secondary N) is 1. The third-order valence-corrected chi connectivity index (χ3v) is 5.78. The zero-order valence-electron chi connectivity index (χ0n) is 14.4. The van der Waals surface area contributed by atoms with E-state index in [2.05, 4.69) is 62.6 Å². The van der Waals surface area contributed by atoms with Gasteiger partial charge in [-0.15, -0.1) is 0 Å². The van der Waals surface area contributed by atoms with Crippen LogP contribution in [0, 0.1) is 0 Å². The Kier molecular flexibility index (Phi) is 5.07. The number of aliphatic hydroxyl groups is 1. The normalized spacial score (nSPS) is 19.0. The molecule has 5 rings (SSSR count). The highest BCUT2D eigenvalue weighted by Gasteiger charge is 2.35. The van der Waals surface area contributed by atoms with E-state index in [4.69, 9.17) is 4.89 Å². The first-order chi connectivity index (χ1) is 12.6. The van der Waals surface area contributed by atoms with E-state index in [0.717, 1.165) is 30.3 Å². The summed E-state index contributed by atoms with van der Waals surface area (Å²) in [7, 11) is -1.47. The van der Waals surface area contributed by atoms with Crippen molar-refractivity contribution in [2.45, 2.75) is 24.9 Å². The first-order valence-corrected chi connectivity index (χ1v) is 9.92.